The summed E-state index contributed by atoms with van der Waals surface area (Å²) in [6.07, 6.45) is 0. The van der Waals surface area contributed by atoms with Crippen molar-refractivity contribution < 1.29 is 0 Å². The first-order valence-corrected chi connectivity index (χ1v) is 6.01. The smallest absolute Gasteiger partial charge is 0.149 e. The standard InChI is InChI=1S/C14H18N4/c1-2-18(10-11-6-4-3-5-7-11)13-9-8-12(15)14(16)17-13/h3-9H,2,10,15H2,1H3,(H2,16,17). The average molecular weight is 242 g/mol. The average Bonchev–Trinajstić information content (AvgIpc) is 2.40. The molecule has 4 N–H and O–H groups in total. The lowest BCUT2D eigenvalue weighted by atomic mass is 10.2. The lowest BCUT2D eigenvalue weighted by molar-refractivity contribution is 0.815. The van der Waals surface area contributed by atoms with E-state index in [1.165, 1.54) is 5.56 Å². The Hall–Kier alpha value is -2.23. The minimum Gasteiger partial charge on any atom is -0.396 e. The van der Waals surface area contributed by atoms with Gasteiger partial charge in [0.1, 0.15) is 11.6 Å². The Balaban J connectivity index is 2.20. The molecule has 0 radical (unpaired) electrons. The third kappa shape index (κ3) is 2.71. The zero-order valence-corrected chi connectivity index (χ0v) is 10.5. The number of rotatable bonds is 4. The quantitative estimate of drug-likeness (QED) is 0.863. The molecule has 4 nitrogen and oxygen atoms in total. The van der Waals surface area contributed by atoms with Gasteiger partial charge in [-0.1, -0.05) is 30.3 Å². The molecule has 0 saturated heterocycles. The van der Waals surface area contributed by atoms with E-state index in [1.54, 1.807) is 6.07 Å². The van der Waals surface area contributed by atoms with Crippen molar-refractivity contribution in [1.29, 1.82) is 0 Å². The monoisotopic (exact) mass is 242 g/mol. The molecule has 1 heterocycles. The van der Waals surface area contributed by atoms with Crippen LogP contribution in [-0.4, -0.2) is 11.5 Å². The van der Waals surface area contributed by atoms with Gasteiger partial charge in [-0.15, -0.1) is 0 Å². The van der Waals surface area contributed by atoms with Crippen LogP contribution in [0.5, 0.6) is 0 Å². The van der Waals surface area contributed by atoms with Crippen molar-refractivity contribution in [2.45, 2.75) is 13.5 Å². The molecule has 0 aliphatic heterocycles. The van der Waals surface area contributed by atoms with Gasteiger partial charge in [0.2, 0.25) is 0 Å². The van der Waals surface area contributed by atoms with Gasteiger partial charge in [0, 0.05) is 13.1 Å². The Bertz CT molecular complexity index is 510. The van der Waals surface area contributed by atoms with Gasteiger partial charge < -0.3 is 16.4 Å². The van der Waals surface area contributed by atoms with E-state index in [9.17, 15) is 0 Å². The number of nitrogens with two attached hydrogens (primary N) is 2. The summed E-state index contributed by atoms with van der Waals surface area (Å²) in [5, 5.41) is 0. The Morgan fingerprint density at radius 3 is 2.39 bits per heavy atom. The molecule has 0 amide bonds. The molecule has 1 aromatic heterocycles. The van der Waals surface area contributed by atoms with E-state index in [2.05, 4.69) is 28.9 Å². The molecule has 0 aliphatic carbocycles. The maximum absolute atomic E-state index is 5.74. The number of aromatic nitrogens is 1. The highest BCUT2D eigenvalue weighted by atomic mass is 15.2. The number of pyridine rings is 1. The number of benzene rings is 1. The molecule has 18 heavy (non-hydrogen) atoms. The third-order valence-corrected chi connectivity index (χ3v) is 2.86. The van der Waals surface area contributed by atoms with Crippen LogP contribution in [-0.2, 0) is 6.54 Å². The van der Waals surface area contributed by atoms with Gasteiger partial charge in [0.25, 0.3) is 0 Å². The van der Waals surface area contributed by atoms with Crippen LogP contribution in [0.2, 0.25) is 0 Å². The fourth-order valence-corrected chi connectivity index (χ4v) is 1.81. The normalized spacial score (nSPS) is 10.3. The van der Waals surface area contributed by atoms with Crippen LogP contribution >= 0.6 is 0 Å². The van der Waals surface area contributed by atoms with Gasteiger partial charge in [-0.2, -0.15) is 0 Å². The fraction of sp³-hybridized carbons (Fsp3) is 0.214. The molecule has 2 aromatic rings. The van der Waals surface area contributed by atoms with Crippen molar-refractivity contribution in [2.75, 3.05) is 22.9 Å². The maximum atomic E-state index is 5.74. The molecule has 0 spiro atoms. The van der Waals surface area contributed by atoms with Gasteiger partial charge in [-0.3, -0.25) is 0 Å². The van der Waals surface area contributed by atoms with Crippen LogP contribution in [0.25, 0.3) is 0 Å². The molecule has 0 saturated carbocycles. The molecule has 4 heteroatoms. The summed E-state index contributed by atoms with van der Waals surface area (Å²) in [6, 6.07) is 14.0. The third-order valence-electron chi connectivity index (χ3n) is 2.86. The van der Waals surface area contributed by atoms with Crippen molar-refractivity contribution in [3.05, 3.63) is 48.0 Å². The topological polar surface area (TPSA) is 68.2 Å². The lowest BCUT2D eigenvalue weighted by Crippen LogP contribution is -2.23. The second kappa shape index (κ2) is 5.40. The van der Waals surface area contributed by atoms with Crippen molar-refractivity contribution in [3.63, 3.8) is 0 Å². The number of nitrogen functional groups attached to an aromatic ring is 2. The molecule has 0 atom stereocenters. The summed E-state index contributed by atoms with van der Waals surface area (Å²) in [7, 11) is 0. The maximum Gasteiger partial charge on any atom is 0.149 e. The van der Waals surface area contributed by atoms with Crippen molar-refractivity contribution in [1.82, 2.24) is 4.98 Å². The first-order chi connectivity index (χ1) is 8.70. The fourth-order valence-electron chi connectivity index (χ4n) is 1.81. The highest BCUT2D eigenvalue weighted by molar-refractivity contribution is 5.62. The largest absolute Gasteiger partial charge is 0.396 e. The van der Waals surface area contributed by atoms with Crippen molar-refractivity contribution in [3.8, 4) is 0 Å². The van der Waals surface area contributed by atoms with E-state index in [-0.39, 0.29) is 0 Å². The van der Waals surface area contributed by atoms with Crippen LogP contribution in [0.1, 0.15) is 12.5 Å². The minimum atomic E-state index is 0.388. The molecular weight excluding hydrogens is 224 g/mol. The van der Waals surface area contributed by atoms with Gasteiger partial charge in [0.15, 0.2) is 0 Å². The van der Waals surface area contributed by atoms with Gasteiger partial charge in [-0.05, 0) is 24.6 Å². The zero-order valence-electron chi connectivity index (χ0n) is 10.5. The van der Waals surface area contributed by atoms with E-state index in [0.29, 0.717) is 11.5 Å². The van der Waals surface area contributed by atoms with Crippen LogP contribution in [0.3, 0.4) is 0 Å². The SMILES string of the molecule is CCN(Cc1ccccc1)c1ccc(N)c(N)n1. The minimum absolute atomic E-state index is 0.388. The summed E-state index contributed by atoms with van der Waals surface area (Å²) in [5.41, 5.74) is 13.2. The second-order valence-corrected chi connectivity index (χ2v) is 4.14. The predicted octanol–water partition coefficient (Wildman–Crippen LogP) is 2.27. The highest BCUT2D eigenvalue weighted by Gasteiger charge is 2.08. The zero-order chi connectivity index (χ0) is 13.0. The van der Waals surface area contributed by atoms with Crippen LogP contribution in [0.15, 0.2) is 42.5 Å². The Labute approximate surface area is 107 Å². The Kier molecular flexibility index (Phi) is 3.67. The summed E-state index contributed by atoms with van der Waals surface area (Å²) in [6.45, 7) is 3.77. The summed E-state index contributed by atoms with van der Waals surface area (Å²) >= 11 is 0. The first kappa shape index (κ1) is 12.2. The van der Waals surface area contributed by atoms with E-state index >= 15 is 0 Å². The lowest BCUT2D eigenvalue weighted by Gasteiger charge is -2.22. The Morgan fingerprint density at radius 2 is 1.78 bits per heavy atom. The van der Waals surface area contributed by atoms with Gasteiger partial charge in [-0.25, -0.2) is 4.98 Å². The summed E-state index contributed by atoms with van der Waals surface area (Å²) in [5.74, 6) is 1.24. The van der Waals surface area contributed by atoms with Crippen molar-refractivity contribution in [2.24, 2.45) is 0 Å². The molecule has 94 valence electrons. The molecule has 1 aromatic carbocycles. The summed E-state index contributed by atoms with van der Waals surface area (Å²) in [4.78, 5) is 6.48. The van der Waals surface area contributed by atoms with Crippen LogP contribution in [0, 0.1) is 0 Å². The number of hydrogen-bond acceptors (Lipinski definition) is 4. The molecule has 0 unspecified atom stereocenters. The molecule has 0 aliphatic rings. The van der Waals surface area contributed by atoms with Gasteiger partial charge >= 0.3 is 0 Å². The summed E-state index contributed by atoms with van der Waals surface area (Å²) < 4.78 is 0. The number of hydrogen-bond donors (Lipinski definition) is 2. The number of nitrogens with zero attached hydrogens (tertiary/aromatic N) is 2. The van der Waals surface area contributed by atoms with E-state index in [0.717, 1.165) is 18.9 Å². The first-order valence-electron chi connectivity index (χ1n) is 6.01. The second-order valence-electron chi connectivity index (χ2n) is 4.14. The van der Waals surface area contributed by atoms with E-state index < -0.39 is 0 Å². The molecule has 2 rings (SSSR count). The van der Waals surface area contributed by atoms with E-state index in [4.69, 9.17) is 11.5 Å². The predicted molar refractivity (Wildman–Crippen MR) is 76.2 cm³/mol. The Morgan fingerprint density at radius 1 is 1.06 bits per heavy atom. The van der Waals surface area contributed by atoms with Gasteiger partial charge in [0.05, 0.1) is 5.69 Å². The van der Waals surface area contributed by atoms with Crippen molar-refractivity contribution >= 4 is 17.3 Å². The number of anilines is 3. The molecule has 0 bridgehead atoms. The van der Waals surface area contributed by atoms with E-state index in [1.807, 2.05) is 24.3 Å². The molecule has 0 fully saturated rings. The van der Waals surface area contributed by atoms with Crippen LogP contribution < -0.4 is 16.4 Å². The molecular formula is C14H18N4. The highest BCUT2D eigenvalue weighted by Crippen LogP contribution is 2.19. The van der Waals surface area contributed by atoms with Crippen LogP contribution in [0.4, 0.5) is 17.3 Å².